The molecule has 1 radical (unpaired) electrons. The summed E-state index contributed by atoms with van der Waals surface area (Å²) in [4.78, 5) is 0. The molecule has 0 N–H and O–H groups in total. The molecule has 0 unspecified atom stereocenters. The third-order valence-corrected chi connectivity index (χ3v) is 1.89. The Kier molecular flexibility index (Phi) is 26.8. The molecule has 0 spiro atoms. The first-order valence-corrected chi connectivity index (χ1v) is 8.03. The number of rotatable bonds is 0. The maximum absolute atomic E-state index is 2.21. The quantitative estimate of drug-likeness (QED) is 0.368. The molecule has 0 aliphatic carbocycles. The van der Waals surface area contributed by atoms with Crippen LogP contribution < -0.4 is 24.8 Å². The van der Waals surface area contributed by atoms with Crippen LogP contribution in [0.2, 0.25) is 13.1 Å². The summed E-state index contributed by atoms with van der Waals surface area (Å²) in [6, 6.07) is 14.6. The molecule has 2 aromatic carbocycles. The van der Waals surface area contributed by atoms with E-state index in [0.29, 0.717) is 0 Å². The molecule has 2 aromatic rings. The second-order valence-corrected chi connectivity index (χ2v) is 5.16. The molecule has 4 heteroatoms. The fourth-order valence-electron chi connectivity index (χ4n) is 1.19. The van der Waals surface area contributed by atoms with Gasteiger partial charge in [-0.05, 0) is 0 Å². The zero-order chi connectivity index (χ0) is 12.4. The minimum atomic E-state index is 0. The van der Waals surface area contributed by atoms with Crippen molar-refractivity contribution in [3.63, 3.8) is 0 Å². The summed E-state index contributed by atoms with van der Waals surface area (Å²) in [6.45, 7) is 10.7. The van der Waals surface area contributed by atoms with Gasteiger partial charge in [-0.1, -0.05) is 33.9 Å². The van der Waals surface area contributed by atoms with Crippen LogP contribution in [0.4, 0.5) is 0 Å². The molecule has 0 nitrogen and oxygen atoms in total. The molecule has 0 bridgehead atoms. The van der Waals surface area contributed by atoms with Gasteiger partial charge < -0.3 is 24.8 Å². The van der Waals surface area contributed by atoms with Gasteiger partial charge in [-0.2, -0.15) is 35.4 Å². The van der Waals surface area contributed by atoms with Crippen molar-refractivity contribution in [2.75, 3.05) is 0 Å². The van der Waals surface area contributed by atoms with Crippen molar-refractivity contribution < 1.29 is 51.0 Å². The predicted molar refractivity (Wildman–Crippen MR) is 77.2 cm³/mol. The summed E-state index contributed by atoms with van der Waals surface area (Å²) in [5, 5.41) is 0. The van der Waals surface area contributed by atoms with Crippen molar-refractivity contribution in [1.29, 1.82) is 0 Å². The minimum Gasteiger partial charge on any atom is -1.00 e. The van der Waals surface area contributed by atoms with Gasteiger partial charge in [0.2, 0.25) is 0 Å². The predicted octanol–water partition coefficient (Wildman–Crippen LogP) is -1.74. The summed E-state index contributed by atoms with van der Waals surface area (Å²) in [5.74, 6) is 0. The molecule has 0 aliphatic heterocycles. The smallest absolute Gasteiger partial charge is 1.00 e. The summed E-state index contributed by atoms with van der Waals surface area (Å²) in [7, 11) is 0.750. The van der Waals surface area contributed by atoms with Gasteiger partial charge in [0.1, 0.15) is 0 Å². The van der Waals surface area contributed by atoms with Crippen LogP contribution in [-0.4, -0.2) is 9.52 Å². The van der Waals surface area contributed by atoms with Crippen LogP contribution in [0.15, 0.2) is 42.5 Å². The van der Waals surface area contributed by atoms with E-state index in [4.69, 9.17) is 0 Å². The van der Waals surface area contributed by atoms with E-state index in [0.717, 1.165) is 9.52 Å². The van der Waals surface area contributed by atoms with E-state index in [-0.39, 0.29) is 51.0 Å². The van der Waals surface area contributed by atoms with Crippen molar-refractivity contribution >= 4 is 9.52 Å². The molecular weight excluding hydrogens is 370 g/mol. The molecule has 0 saturated heterocycles. The zero-order valence-electron chi connectivity index (χ0n) is 12.4. The van der Waals surface area contributed by atoms with E-state index in [1.54, 1.807) is 0 Å². The standard InChI is InChI=1S/C7H9.C6H7.C2H7Si.2ClH.Zr/c1-6-3-4-7(2)5-6;1-6-4-2-3-5-6;1-3-2;;;/h3-5H,1-2H3;2-5H,1H3;3H,1-2H3;2*1H;/q2*-1;;;;+4/p-2. The van der Waals surface area contributed by atoms with E-state index in [1.807, 2.05) is 12.1 Å². The molecular formula is C15H23Cl2SiZr. The Balaban J connectivity index is -0.0000000877. The van der Waals surface area contributed by atoms with Crippen LogP contribution in [0, 0.1) is 20.8 Å². The molecule has 2 rings (SSSR count). The van der Waals surface area contributed by atoms with Gasteiger partial charge in [-0.15, -0.1) is 0 Å². The first kappa shape index (κ1) is 27.7. The minimum absolute atomic E-state index is 0. The van der Waals surface area contributed by atoms with Crippen molar-refractivity contribution in [3.8, 4) is 0 Å². The molecule has 105 valence electrons. The Morgan fingerprint density at radius 1 is 1.05 bits per heavy atom. The monoisotopic (exact) mass is 391 g/mol. The van der Waals surface area contributed by atoms with Crippen LogP contribution >= 0.6 is 0 Å². The van der Waals surface area contributed by atoms with Gasteiger partial charge >= 0.3 is 26.2 Å². The van der Waals surface area contributed by atoms with Crippen molar-refractivity contribution in [1.82, 2.24) is 0 Å². The third-order valence-electron chi connectivity index (χ3n) is 1.89. The van der Waals surface area contributed by atoms with Crippen molar-refractivity contribution in [3.05, 3.63) is 59.2 Å². The summed E-state index contributed by atoms with van der Waals surface area (Å²) in [5.41, 5.74) is 4.06. The van der Waals surface area contributed by atoms with Gasteiger partial charge in [-0.3, -0.25) is 0 Å². The molecule has 0 fully saturated rings. The summed E-state index contributed by atoms with van der Waals surface area (Å²) < 4.78 is 0. The second-order valence-electron chi connectivity index (χ2n) is 4.01. The number of hydrogen-bond acceptors (Lipinski definition) is 0. The largest absolute Gasteiger partial charge is 4.00 e. The Morgan fingerprint density at radius 3 is 1.58 bits per heavy atom. The fraction of sp³-hybridized carbons (Fsp3) is 0.333. The number of aryl methyl sites for hydroxylation is 3. The second kappa shape index (κ2) is 18.4. The topological polar surface area (TPSA) is 0 Å². The average Bonchev–Trinajstić information content (AvgIpc) is 2.80. The number of halogens is 2. The first-order chi connectivity index (χ1) is 7.60. The Labute approximate surface area is 152 Å². The zero-order valence-corrected chi connectivity index (χ0v) is 17.5. The summed E-state index contributed by atoms with van der Waals surface area (Å²) >= 11 is 0. The van der Waals surface area contributed by atoms with Crippen molar-refractivity contribution in [2.24, 2.45) is 0 Å². The van der Waals surface area contributed by atoms with E-state index in [2.05, 4.69) is 64.2 Å². The van der Waals surface area contributed by atoms with Crippen LogP contribution in [0.1, 0.15) is 16.7 Å². The molecule has 19 heavy (non-hydrogen) atoms. The maximum atomic E-state index is 2.21. The van der Waals surface area contributed by atoms with E-state index in [9.17, 15) is 0 Å². The van der Waals surface area contributed by atoms with Crippen LogP contribution in [0.3, 0.4) is 0 Å². The molecule has 0 saturated carbocycles. The van der Waals surface area contributed by atoms with Crippen LogP contribution in [0.25, 0.3) is 0 Å². The van der Waals surface area contributed by atoms with E-state index in [1.165, 1.54) is 16.7 Å². The maximum Gasteiger partial charge on any atom is 4.00 e. The Hall–Kier alpha value is 0.380. The molecule has 0 aliphatic rings. The van der Waals surface area contributed by atoms with E-state index < -0.39 is 0 Å². The van der Waals surface area contributed by atoms with Crippen molar-refractivity contribution in [2.45, 2.75) is 33.9 Å². The van der Waals surface area contributed by atoms with Crippen LogP contribution in [-0.2, 0) is 26.2 Å². The SMILES string of the molecule is C[SiH]C.C[c-]1cccc1.Cc1c[cH-]c(C)c1.[Cl-].[Cl-].[Zr+4]. The van der Waals surface area contributed by atoms with Gasteiger partial charge in [0.05, 0.1) is 0 Å². The Bertz CT molecular complexity index is 339. The molecule has 0 heterocycles. The summed E-state index contributed by atoms with van der Waals surface area (Å²) in [6.07, 6.45) is 0. The average molecular weight is 394 g/mol. The number of hydrogen-bond donors (Lipinski definition) is 0. The van der Waals surface area contributed by atoms with Gasteiger partial charge in [0.15, 0.2) is 0 Å². The van der Waals surface area contributed by atoms with Gasteiger partial charge in [0, 0.05) is 9.52 Å². The van der Waals surface area contributed by atoms with Crippen LogP contribution in [0.5, 0.6) is 0 Å². The van der Waals surface area contributed by atoms with E-state index >= 15 is 0 Å². The van der Waals surface area contributed by atoms with Gasteiger partial charge in [-0.25, -0.2) is 23.8 Å². The third kappa shape index (κ3) is 18.4. The molecule has 0 amide bonds. The first-order valence-electron chi connectivity index (χ1n) is 5.72. The Morgan fingerprint density at radius 2 is 1.47 bits per heavy atom. The normalized spacial score (nSPS) is 7.21. The molecule has 0 atom stereocenters. The molecule has 0 aromatic heterocycles. The fourth-order valence-corrected chi connectivity index (χ4v) is 1.19. The van der Waals surface area contributed by atoms with Gasteiger partial charge in [0.25, 0.3) is 0 Å².